The maximum Gasteiger partial charge on any atom is 0.122 e. The fourth-order valence-electron chi connectivity index (χ4n) is 2.04. The van der Waals surface area contributed by atoms with Crippen molar-refractivity contribution in [1.82, 2.24) is 5.43 Å². The molecule has 3 nitrogen and oxygen atoms in total. The third-order valence-electron chi connectivity index (χ3n) is 3.11. The fraction of sp³-hybridized carbons (Fsp3) is 0.286. The maximum absolute atomic E-state index is 6.31. The topological polar surface area (TPSA) is 47.3 Å². The highest BCUT2D eigenvalue weighted by Gasteiger charge is 2.19. The molecule has 0 radical (unpaired) electrons. The predicted octanol–water partition coefficient (Wildman–Crippen LogP) is 4.12. The maximum atomic E-state index is 6.31. The van der Waals surface area contributed by atoms with Gasteiger partial charge in [-0.15, -0.1) is 11.3 Å². The number of methoxy groups -OCH3 is 1. The van der Waals surface area contributed by atoms with Crippen molar-refractivity contribution in [3.05, 3.63) is 49.6 Å². The van der Waals surface area contributed by atoms with Gasteiger partial charge in [0, 0.05) is 9.90 Å². The molecule has 1 atom stereocenters. The zero-order valence-electron chi connectivity index (χ0n) is 11.2. The minimum Gasteiger partial charge on any atom is -0.496 e. The van der Waals surface area contributed by atoms with Crippen LogP contribution in [0.3, 0.4) is 0 Å². The van der Waals surface area contributed by atoms with Crippen LogP contribution >= 0.6 is 34.5 Å². The van der Waals surface area contributed by atoms with Crippen LogP contribution in [0.1, 0.15) is 22.0 Å². The first-order chi connectivity index (χ1) is 9.56. The Labute approximate surface area is 132 Å². The van der Waals surface area contributed by atoms with Gasteiger partial charge in [-0.2, -0.15) is 0 Å². The number of hydrazine groups is 1. The third-order valence-corrected chi connectivity index (χ3v) is 5.17. The number of nitrogens with one attached hydrogen (secondary N) is 1. The van der Waals surface area contributed by atoms with Crippen LogP contribution in [0.25, 0.3) is 0 Å². The minimum atomic E-state index is -0.0754. The Morgan fingerprint density at radius 1 is 1.40 bits per heavy atom. The van der Waals surface area contributed by atoms with Crippen molar-refractivity contribution < 1.29 is 4.74 Å². The zero-order valence-corrected chi connectivity index (χ0v) is 13.6. The molecule has 1 unspecified atom stereocenters. The lowest BCUT2D eigenvalue weighted by molar-refractivity contribution is 0.406. The summed E-state index contributed by atoms with van der Waals surface area (Å²) in [7, 11) is 1.64. The molecule has 3 N–H and O–H groups in total. The van der Waals surface area contributed by atoms with E-state index >= 15 is 0 Å². The molecule has 0 aliphatic rings. The first-order valence-electron chi connectivity index (χ1n) is 6.08. The number of benzene rings is 1. The van der Waals surface area contributed by atoms with Crippen LogP contribution in [0.5, 0.6) is 5.75 Å². The summed E-state index contributed by atoms with van der Waals surface area (Å²) in [6, 6.07) is 5.47. The van der Waals surface area contributed by atoms with Crippen molar-refractivity contribution in [1.29, 1.82) is 0 Å². The van der Waals surface area contributed by atoms with Crippen molar-refractivity contribution in [3.63, 3.8) is 0 Å². The number of halogens is 2. The molecule has 0 aliphatic heterocycles. The third kappa shape index (κ3) is 3.27. The van der Waals surface area contributed by atoms with E-state index in [9.17, 15) is 0 Å². The number of rotatable bonds is 5. The van der Waals surface area contributed by atoms with Crippen molar-refractivity contribution in [2.75, 3.05) is 7.11 Å². The minimum absolute atomic E-state index is 0.0754. The molecule has 20 heavy (non-hydrogen) atoms. The summed E-state index contributed by atoms with van der Waals surface area (Å²) in [5.74, 6) is 6.48. The van der Waals surface area contributed by atoms with Gasteiger partial charge in [0.25, 0.3) is 0 Å². The molecule has 0 spiro atoms. The number of hydrogen-bond donors (Lipinski definition) is 2. The first-order valence-corrected chi connectivity index (χ1v) is 7.72. The Kier molecular flexibility index (Phi) is 5.29. The quantitative estimate of drug-likeness (QED) is 0.640. The smallest absolute Gasteiger partial charge is 0.122 e. The van der Waals surface area contributed by atoms with Gasteiger partial charge in [0.05, 0.1) is 18.2 Å². The lowest BCUT2D eigenvalue weighted by atomic mass is 10.0. The monoisotopic (exact) mass is 330 g/mol. The average molecular weight is 331 g/mol. The molecule has 0 saturated carbocycles. The van der Waals surface area contributed by atoms with Crippen LogP contribution in [-0.2, 0) is 6.42 Å². The molecular formula is C14H16Cl2N2OS. The zero-order chi connectivity index (χ0) is 14.7. The molecule has 0 bridgehead atoms. The van der Waals surface area contributed by atoms with Gasteiger partial charge in [0.15, 0.2) is 0 Å². The van der Waals surface area contributed by atoms with Crippen LogP contribution in [-0.4, -0.2) is 7.11 Å². The van der Waals surface area contributed by atoms with E-state index in [1.165, 1.54) is 0 Å². The van der Waals surface area contributed by atoms with Gasteiger partial charge in [0.2, 0.25) is 0 Å². The summed E-state index contributed by atoms with van der Waals surface area (Å²) in [4.78, 5) is 1.02. The number of ether oxygens (including phenoxy) is 1. The van der Waals surface area contributed by atoms with E-state index in [4.69, 9.17) is 33.8 Å². The first kappa shape index (κ1) is 15.6. The highest BCUT2D eigenvalue weighted by Crippen LogP contribution is 2.35. The Morgan fingerprint density at radius 3 is 2.70 bits per heavy atom. The molecule has 1 heterocycles. The van der Waals surface area contributed by atoms with E-state index in [0.717, 1.165) is 26.8 Å². The van der Waals surface area contributed by atoms with Crippen molar-refractivity contribution in [3.8, 4) is 5.75 Å². The molecule has 0 saturated heterocycles. The van der Waals surface area contributed by atoms with Gasteiger partial charge < -0.3 is 4.74 Å². The highest BCUT2D eigenvalue weighted by molar-refractivity contribution is 7.10. The Morgan fingerprint density at radius 2 is 2.15 bits per heavy atom. The number of aryl methyl sites for hydroxylation is 1. The summed E-state index contributed by atoms with van der Waals surface area (Å²) in [5.41, 5.74) is 4.87. The van der Waals surface area contributed by atoms with Crippen LogP contribution in [0.2, 0.25) is 10.0 Å². The second-order valence-electron chi connectivity index (χ2n) is 4.48. The standard InChI is InChI=1S/C14H16Cl2N2OS/c1-8-7-20-14(13(8)16)11(18-17)6-9-5-10(15)3-4-12(9)19-2/h3-5,7,11,18H,6,17H2,1-2H3. The summed E-state index contributed by atoms with van der Waals surface area (Å²) >= 11 is 14.0. The lowest BCUT2D eigenvalue weighted by Crippen LogP contribution is -2.29. The van der Waals surface area contributed by atoms with E-state index < -0.39 is 0 Å². The van der Waals surface area contributed by atoms with Gasteiger partial charge >= 0.3 is 0 Å². The predicted molar refractivity (Wildman–Crippen MR) is 85.8 cm³/mol. The Hall–Kier alpha value is -0.780. The molecule has 6 heteroatoms. The number of nitrogens with two attached hydrogens (primary N) is 1. The van der Waals surface area contributed by atoms with Gasteiger partial charge in [-0.1, -0.05) is 23.2 Å². The van der Waals surface area contributed by atoms with E-state index in [0.29, 0.717) is 11.4 Å². The molecule has 0 aliphatic carbocycles. The molecule has 0 amide bonds. The second kappa shape index (κ2) is 6.78. The molecule has 0 fully saturated rings. The van der Waals surface area contributed by atoms with Crippen LogP contribution in [0.15, 0.2) is 23.6 Å². The Bertz CT molecular complexity index is 601. The molecule has 1 aromatic heterocycles. The van der Waals surface area contributed by atoms with Gasteiger partial charge in [-0.05, 0) is 48.1 Å². The van der Waals surface area contributed by atoms with Gasteiger partial charge in [-0.25, -0.2) is 0 Å². The SMILES string of the molecule is COc1ccc(Cl)cc1CC(NN)c1scc(C)c1Cl. The van der Waals surface area contributed by atoms with E-state index in [1.54, 1.807) is 24.5 Å². The average Bonchev–Trinajstić information content (AvgIpc) is 2.77. The largest absolute Gasteiger partial charge is 0.496 e. The Balaban J connectivity index is 2.31. The van der Waals surface area contributed by atoms with Crippen molar-refractivity contribution in [2.24, 2.45) is 5.84 Å². The van der Waals surface area contributed by atoms with Gasteiger partial charge in [-0.3, -0.25) is 11.3 Å². The van der Waals surface area contributed by atoms with Gasteiger partial charge in [0.1, 0.15) is 5.75 Å². The van der Waals surface area contributed by atoms with Crippen LogP contribution < -0.4 is 16.0 Å². The molecule has 2 aromatic rings. The van der Waals surface area contributed by atoms with Crippen molar-refractivity contribution >= 4 is 34.5 Å². The molecule has 2 rings (SSSR count). The molecular weight excluding hydrogens is 315 g/mol. The molecule has 108 valence electrons. The summed E-state index contributed by atoms with van der Waals surface area (Å²) in [6.07, 6.45) is 0.653. The summed E-state index contributed by atoms with van der Waals surface area (Å²) in [6.45, 7) is 1.98. The normalized spacial score (nSPS) is 12.4. The lowest BCUT2D eigenvalue weighted by Gasteiger charge is -2.17. The van der Waals surface area contributed by atoms with Crippen LogP contribution in [0.4, 0.5) is 0 Å². The highest BCUT2D eigenvalue weighted by atomic mass is 35.5. The number of thiophene rings is 1. The summed E-state index contributed by atoms with van der Waals surface area (Å²) < 4.78 is 5.36. The number of hydrogen-bond acceptors (Lipinski definition) is 4. The second-order valence-corrected chi connectivity index (χ2v) is 6.20. The summed E-state index contributed by atoms with van der Waals surface area (Å²) in [5, 5.41) is 3.46. The van der Waals surface area contributed by atoms with E-state index in [-0.39, 0.29) is 6.04 Å². The van der Waals surface area contributed by atoms with E-state index in [1.807, 2.05) is 24.4 Å². The van der Waals surface area contributed by atoms with Crippen molar-refractivity contribution in [2.45, 2.75) is 19.4 Å². The molecule has 1 aromatic carbocycles. The van der Waals surface area contributed by atoms with Crippen LogP contribution in [0, 0.1) is 6.92 Å². The fourth-order valence-corrected chi connectivity index (χ4v) is 3.62. The van der Waals surface area contributed by atoms with E-state index in [2.05, 4.69) is 5.43 Å².